The molecule has 0 aromatic heterocycles. The van der Waals surface area contributed by atoms with E-state index in [2.05, 4.69) is 6.58 Å². The lowest BCUT2D eigenvalue weighted by Gasteiger charge is -2.09. The molecule has 3 aromatic carbocycles. The maximum Gasteiger partial charge on any atom is 0.343 e. The van der Waals surface area contributed by atoms with Crippen LogP contribution in [0.25, 0.3) is 0 Å². The lowest BCUT2D eigenvalue weighted by molar-refractivity contribution is -0.147. The Hall–Kier alpha value is -8.63. The molecule has 0 N–H and O–H groups in total. The summed E-state index contributed by atoms with van der Waals surface area (Å²) in [5.74, 6) is -3.14. The van der Waals surface area contributed by atoms with Gasteiger partial charge in [-0.2, -0.15) is 0 Å². The van der Waals surface area contributed by atoms with Crippen LogP contribution >= 0.6 is 0 Å². The first-order valence-corrected chi connectivity index (χ1v) is 32.9. The van der Waals surface area contributed by atoms with Gasteiger partial charge < -0.3 is 56.8 Å². The molecule has 0 fully saturated rings. The molecule has 3 aromatic rings. The van der Waals surface area contributed by atoms with E-state index in [0.717, 1.165) is 31.2 Å². The van der Waals surface area contributed by atoms with Gasteiger partial charge in [-0.25, -0.2) is 14.4 Å². The van der Waals surface area contributed by atoms with Crippen LogP contribution in [0.4, 0.5) is 0 Å². The van der Waals surface area contributed by atoms with Crippen LogP contribution in [0.1, 0.15) is 213 Å². The van der Waals surface area contributed by atoms with E-state index in [1.807, 2.05) is 19.1 Å². The Morgan fingerprint density at radius 3 is 0.766 bits per heavy atom. The summed E-state index contributed by atoms with van der Waals surface area (Å²) in [6.45, 7) is 9.26. The second kappa shape index (κ2) is 50.9. The van der Waals surface area contributed by atoms with E-state index in [0.29, 0.717) is 150 Å². The summed E-state index contributed by atoms with van der Waals surface area (Å²) in [5, 5.41) is 0. The molecule has 23 heteroatoms. The minimum atomic E-state index is -0.543. The Kier molecular flexibility index (Phi) is 43.1. The number of carbonyl (C=O) groups excluding carboxylic acids is 11. The van der Waals surface area contributed by atoms with Crippen LogP contribution in [0.5, 0.6) is 17.2 Å². The van der Waals surface area contributed by atoms with E-state index in [9.17, 15) is 52.7 Å². The van der Waals surface area contributed by atoms with E-state index < -0.39 is 17.9 Å². The van der Waals surface area contributed by atoms with Gasteiger partial charge in [0, 0.05) is 56.9 Å². The normalized spacial score (nSPS) is 10.7. The molecule has 23 nitrogen and oxygen atoms in total. The topological polar surface area (TPSA) is 299 Å². The first-order valence-electron chi connectivity index (χ1n) is 32.9. The van der Waals surface area contributed by atoms with Crippen LogP contribution in [0.3, 0.4) is 0 Å². The number of carbonyl (C=O) groups is 11. The number of hydrogen-bond acceptors (Lipinski definition) is 23. The molecule has 0 amide bonds. The summed E-state index contributed by atoms with van der Waals surface area (Å²) < 4.78 is 63.5. The van der Waals surface area contributed by atoms with Crippen LogP contribution in [0, 0.1) is 6.92 Å². The van der Waals surface area contributed by atoms with E-state index in [1.54, 1.807) is 67.6 Å². The standard InChI is InChI=1S/C71H96O23/c1-54(2)69(80)92-53-23-13-31-68(79)91-52-22-12-30-67(78)90-51-21-11-29-66(77)89-50-20-10-28-65(76)88-49-19-9-27-64(75)87-48-18-8-26-63(74)86-47-17-7-25-62(73)85-46-16-6-24-61(72)84-45-15-5-4-14-44-83-58-38-36-57(37-39-58)71(82)94-60-42-40-59(41-43-60)93-70(81)56-34-32-55(3)33-35-56/h32-43H,1,4-31,44-53H2,2-3H3. The number of aryl methyl sites for hydroxylation is 1. The van der Waals surface area contributed by atoms with Crippen molar-refractivity contribution in [3.8, 4) is 17.2 Å². The molecule has 0 saturated carbocycles. The molecular weight excluding hydrogens is 1220 g/mol. The van der Waals surface area contributed by atoms with Crippen molar-refractivity contribution in [1.82, 2.24) is 0 Å². The molecule has 0 radical (unpaired) electrons. The highest BCUT2D eigenvalue weighted by atomic mass is 16.6. The second-order valence-corrected chi connectivity index (χ2v) is 22.2. The highest BCUT2D eigenvalue weighted by Crippen LogP contribution is 2.22. The summed E-state index contributed by atoms with van der Waals surface area (Å²) in [6, 6.07) is 19.9. The summed E-state index contributed by atoms with van der Waals surface area (Å²) in [4.78, 5) is 133. The molecule has 0 saturated heterocycles. The molecule has 0 spiro atoms. The van der Waals surface area contributed by atoms with Gasteiger partial charge in [-0.1, -0.05) is 24.3 Å². The van der Waals surface area contributed by atoms with Gasteiger partial charge in [-0.3, -0.25) is 38.4 Å². The first-order chi connectivity index (χ1) is 45.5. The van der Waals surface area contributed by atoms with Crippen molar-refractivity contribution < 1.29 is 110 Å². The van der Waals surface area contributed by atoms with Crippen molar-refractivity contribution in [3.05, 3.63) is 102 Å². The van der Waals surface area contributed by atoms with Crippen molar-refractivity contribution in [2.45, 2.75) is 194 Å². The van der Waals surface area contributed by atoms with Crippen molar-refractivity contribution >= 4 is 65.7 Å². The number of esters is 11. The molecule has 0 atom stereocenters. The van der Waals surface area contributed by atoms with Gasteiger partial charge in [0.1, 0.15) is 17.2 Å². The average Bonchev–Trinajstić information content (AvgIpc) is 1.57. The fourth-order valence-electron chi connectivity index (χ4n) is 8.36. The van der Waals surface area contributed by atoms with Crippen LogP contribution in [0.15, 0.2) is 84.9 Å². The van der Waals surface area contributed by atoms with Gasteiger partial charge in [0.05, 0.1) is 77.2 Å². The number of unbranched alkanes of at least 4 members (excludes halogenated alkanes) is 11. The minimum absolute atomic E-state index is 0.165. The molecule has 518 valence electrons. The highest BCUT2D eigenvalue weighted by molar-refractivity contribution is 5.92. The van der Waals surface area contributed by atoms with Crippen LogP contribution < -0.4 is 14.2 Å². The van der Waals surface area contributed by atoms with Crippen LogP contribution in [0.2, 0.25) is 0 Å². The lowest BCUT2D eigenvalue weighted by atomic mass is 10.1. The second-order valence-electron chi connectivity index (χ2n) is 22.2. The smallest absolute Gasteiger partial charge is 0.343 e. The Labute approximate surface area is 551 Å². The molecular formula is C71H96O23. The van der Waals surface area contributed by atoms with Gasteiger partial charge in [0.15, 0.2) is 0 Å². The third kappa shape index (κ3) is 41.8. The van der Waals surface area contributed by atoms with Gasteiger partial charge in [-0.05, 0) is 203 Å². The molecule has 3 rings (SSSR count). The van der Waals surface area contributed by atoms with Crippen molar-refractivity contribution in [3.63, 3.8) is 0 Å². The van der Waals surface area contributed by atoms with E-state index >= 15 is 0 Å². The number of benzene rings is 3. The van der Waals surface area contributed by atoms with Crippen molar-refractivity contribution in [2.24, 2.45) is 0 Å². The van der Waals surface area contributed by atoms with Crippen molar-refractivity contribution in [1.29, 1.82) is 0 Å². The zero-order valence-electron chi connectivity index (χ0n) is 54.9. The Bertz CT molecular complexity index is 2750. The average molecular weight is 1320 g/mol. The number of rotatable bonds is 53. The van der Waals surface area contributed by atoms with E-state index in [-0.39, 0.29) is 152 Å². The maximum absolute atomic E-state index is 12.7. The summed E-state index contributed by atoms with van der Waals surface area (Å²) in [5.41, 5.74) is 2.13. The lowest BCUT2D eigenvalue weighted by Crippen LogP contribution is -2.10. The van der Waals surface area contributed by atoms with Gasteiger partial charge in [-0.15, -0.1) is 0 Å². The predicted molar refractivity (Wildman–Crippen MR) is 342 cm³/mol. The molecule has 0 bridgehead atoms. The fourth-order valence-corrected chi connectivity index (χ4v) is 8.36. The van der Waals surface area contributed by atoms with Gasteiger partial charge in [0.2, 0.25) is 0 Å². The van der Waals surface area contributed by atoms with Crippen LogP contribution in [-0.2, 0) is 85.8 Å². The third-order valence-corrected chi connectivity index (χ3v) is 13.8. The maximum atomic E-state index is 12.7. The number of ether oxygens (including phenoxy) is 12. The molecule has 0 aliphatic carbocycles. The zero-order valence-corrected chi connectivity index (χ0v) is 54.9. The molecule has 0 heterocycles. The fraction of sp³-hybridized carbons (Fsp3) is 0.563. The molecule has 94 heavy (non-hydrogen) atoms. The van der Waals surface area contributed by atoms with Gasteiger partial charge in [0.25, 0.3) is 0 Å². The van der Waals surface area contributed by atoms with Crippen LogP contribution in [-0.4, -0.2) is 132 Å². The SMILES string of the molecule is C=C(C)C(=O)OCCCCC(=O)OCCCCC(=O)OCCCCC(=O)OCCCCC(=O)OCCCCC(=O)OCCCCC(=O)OCCCCC(=O)OCCCCC(=O)OCCCCCCOc1ccc(C(=O)Oc2ccc(OC(=O)c3ccc(C)cc3)cc2)cc1. The minimum Gasteiger partial charge on any atom is -0.494 e. The number of hydrogen-bond donors (Lipinski definition) is 0. The predicted octanol–water partition coefficient (Wildman–Crippen LogP) is 12.2. The Morgan fingerprint density at radius 2 is 0.500 bits per heavy atom. The largest absolute Gasteiger partial charge is 0.494 e. The summed E-state index contributed by atoms with van der Waals surface area (Å²) in [6.07, 6.45) is 12.8. The molecule has 0 aliphatic heterocycles. The Balaban J connectivity index is 0.999. The highest BCUT2D eigenvalue weighted by Gasteiger charge is 2.15. The van der Waals surface area contributed by atoms with E-state index in [4.69, 9.17) is 56.8 Å². The van der Waals surface area contributed by atoms with Crippen molar-refractivity contribution in [2.75, 3.05) is 66.1 Å². The Morgan fingerprint density at radius 1 is 0.277 bits per heavy atom. The van der Waals surface area contributed by atoms with E-state index in [1.165, 1.54) is 0 Å². The molecule has 0 unspecified atom stereocenters. The third-order valence-electron chi connectivity index (χ3n) is 13.8. The zero-order chi connectivity index (χ0) is 68.2. The monoisotopic (exact) mass is 1320 g/mol. The molecule has 0 aliphatic rings. The quantitative estimate of drug-likeness (QED) is 0.0167. The van der Waals surface area contributed by atoms with Gasteiger partial charge >= 0.3 is 65.7 Å². The first kappa shape index (κ1) is 79.6. The summed E-state index contributed by atoms with van der Waals surface area (Å²) >= 11 is 0. The summed E-state index contributed by atoms with van der Waals surface area (Å²) in [7, 11) is 0.